The minimum atomic E-state index is 0.273. The number of benzene rings is 2. The van der Waals surface area contributed by atoms with Crippen LogP contribution in [0.4, 0.5) is 0 Å². The third kappa shape index (κ3) is 4.71. The number of furan rings is 1. The van der Waals surface area contributed by atoms with Gasteiger partial charge in [-0.2, -0.15) is 5.10 Å². The van der Waals surface area contributed by atoms with E-state index in [2.05, 4.69) is 54.5 Å². The molecule has 1 amide bonds. The fourth-order valence-corrected chi connectivity index (χ4v) is 4.81. The number of hydrogen-bond acceptors (Lipinski definition) is 4. The zero-order valence-corrected chi connectivity index (χ0v) is 19.3. The number of likely N-dealkylation sites (tertiary alicyclic amines) is 1. The van der Waals surface area contributed by atoms with Crippen LogP contribution in [-0.4, -0.2) is 52.2 Å². The van der Waals surface area contributed by atoms with Gasteiger partial charge in [0.15, 0.2) is 5.76 Å². The van der Waals surface area contributed by atoms with E-state index < -0.39 is 0 Å². The van der Waals surface area contributed by atoms with E-state index in [1.807, 2.05) is 40.8 Å². The number of aromatic nitrogens is 2. The van der Waals surface area contributed by atoms with Crippen LogP contribution in [-0.2, 0) is 17.9 Å². The highest BCUT2D eigenvalue weighted by Crippen LogP contribution is 2.30. The number of rotatable bonds is 8. The molecule has 2 aromatic heterocycles. The highest BCUT2D eigenvalue weighted by Gasteiger charge is 2.29. The van der Waals surface area contributed by atoms with Crippen LogP contribution >= 0.6 is 0 Å². The van der Waals surface area contributed by atoms with Crippen molar-refractivity contribution in [1.29, 1.82) is 0 Å². The summed E-state index contributed by atoms with van der Waals surface area (Å²) in [6.45, 7) is 6.03. The number of para-hydroxylation sites is 1. The van der Waals surface area contributed by atoms with Crippen LogP contribution in [0.15, 0.2) is 71.3 Å². The van der Waals surface area contributed by atoms with Gasteiger partial charge in [-0.05, 0) is 37.6 Å². The van der Waals surface area contributed by atoms with Gasteiger partial charge in [-0.3, -0.25) is 9.48 Å². The first-order valence-electron chi connectivity index (χ1n) is 11.6. The summed E-state index contributed by atoms with van der Waals surface area (Å²) in [5.74, 6) is 1.44. The zero-order chi connectivity index (χ0) is 22.8. The van der Waals surface area contributed by atoms with E-state index in [0.29, 0.717) is 18.9 Å². The lowest BCUT2D eigenvalue weighted by Gasteiger charge is -2.20. The SMILES string of the molecule is CCN1C[C@H](CN(C)Cc2cn(Cc3ccccc3)nc2-c2cc3ccccc3o2)CC1=O. The van der Waals surface area contributed by atoms with Crippen molar-refractivity contribution in [2.45, 2.75) is 26.4 Å². The minimum absolute atomic E-state index is 0.273. The van der Waals surface area contributed by atoms with Gasteiger partial charge >= 0.3 is 0 Å². The van der Waals surface area contributed by atoms with E-state index in [1.165, 1.54) is 5.56 Å². The summed E-state index contributed by atoms with van der Waals surface area (Å²) in [5.41, 5.74) is 4.09. The molecule has 4 aromatic rings. The van der Waals surface area contributed by atoms with Crippen LogP contribution in [0.2, 0.25) is 0 Å². The van der Waals surface area contributed by atoms with Gasteiger partial charge in [0, 0.05) is 49.7 Å². The second kappa shape index (κ2) is 9.24. The average molecular weight is 443 g/mol. The maximum Gasteiger partial charge on any atom is 0.222 e. The van der Waals surface area contributed by atoms with Gasteiger partial charge in [-0.1, -0.05) is 48.5 Å². The Morgan fingerprint density at radius 1 is 1.12 bits per heavy atom. The molecule has 0 N–H and O–H groups in total. The molecule has 5 rings (SSSR count). The molecule has 2 aromatic carbocycles. The van der Waals surface area contributed by atoms with E-state index in [1.54, 1.807) is 0 Å². The van der Waals surface area contributed by atoms with Gasteiger partial charge in [0.05, 0.1) is 6.54 Å². The van der Waals surface area contributed by atoms with Crippen LogP contribution in [0.5, 0.6) is 0 Å². The summed E-state index contributed by atoms with van der Waals surface area (Å²) in [4.78, 5) is 16.4. The first-order valence-corrected chi connectivity index (χ1v) is 11.6. The first-order chi connectivity index (χ1) is 16.1. The van der Waals surface area contributed by atoms with Crippen LogP contribution in [0.3, 0.4) is 0 Å². The summed E-state index contributed by atoms with van der Waals surface area (Å²) >= 11 is 0. The lowest BCUT2D eigenvalue weighted by atomic mass is 10.1. The number of carbonyl (C=O) groups is 1. The molecular formula is C27H30N4O2. The van der Waals surface area contributed by atoms with E-state index >= 15 is 0 Å². The Morgan fingerprint density at radius 2 is 1.91 bits per heavy atom. The first kappa shape index (κ1) is 21.5. The molecule has 1 aliphatic heterocycles. The molecule has 1 fully saturated rings. The van der Waals surface area contributed by atoms with E-state index in [-0.39, 0.29) is 5.91 Å². The van der Waals surface area contributed by atoms with Crippen molar-refractivity contribution in [2.24, 2.45) is 5.92 Å². The summed E-state index contributed by atoms with van der Waals surface area (Å²) in [7, 11) is 2.12. The molecular weight excluding hydrogens is 412 g/mol. The van der Waals surface area contributed by atoms with Crippen LogP contribution in [0.1, 0.15) is 24.5 Å². The van der Waals surface area contributed by atoms with Crippen molar-refractivity contribution in [3.8, 4) is 11.5 Å². The summed E-state index contributed by atoms with van der Waals surface area (Å²) in [6, 6.07) is 20.5. The monoisotopic (exact) mass is 442 g/mol. The molecule has 170 valence electrons. The van der Waals surface area contributed by atoms with Crippen molar-refractivity contribution in [1.82, 2.24) is 19.6 Å². The lowest BCUT2D eigenvalue weighted by Crippen LogP contribution is -2.28. The lowest BCUT2D eigenvalue weighted by molar-refractivity contribution is -0.127. The normalized spacial score (nSPS) is 16.4. The Morgan fingerprint density at radius 3 is 2.67 bits per heavy atom. The number of hydrogen-bond donors (Lipinski definition) is 0. The van der Waals surface area contributed by atoms with E-state index in [4.69, 9.17) is 9.52 Å². The number of carbonyl (C=O) groups excluding carboxylic acids is 1. The van der Waals surface area contributed by atoms with E-state index in [9.17, 15) is 4.79 Å². The van der Waals surface area contributed by atoms with Gasteiger partial charge in [-0.25, -0.2) is 0 Å². The second-order valence-corrected chi connectivity index (χ2v) is 9.03. The molecule has 1 saturated heterocycles. The molecule has 0 spiro atoms. The molecule has 0 unspecified atom stereocenters. The largest absolute Gasteiger partial charge is 0.454 e. The molecule has 0 bridgehead atoms. The fourth-order valence-electron chi connectivity index (χ4n) is 4.81. The van der Waals surface area contributed by atoms with Crippen LogP contribution in [0.25, 0.3) is 22.4 Å². The number of nitrogens with zero attached hydrogens (tertiary/aromatic N) is 4. The van der Waals surface area contributed by atoms with Gasteiger partial charge in [-0.15, -0.1) is 0 Å². The standard InChI is InChI=1S/C27H30N4O2/c1-3-30-16-21(13-26(30)32)15-29(2)18-23-19-31(17-20-9-5-4-6-10-20)28-27(23)25-14-22-11-7-8-12-24(22)33-25/h4-12,14,19,21H,3,13,15-18H2,1-2H3/t21-/m0/s1. The van der Waals surface area contributed by atoms with E-state index in [0.717, 1.165) is 54.2 Å². The summed E-state index contributed by atoms with van der Waals surface area (Å²) < 4.78 is 8.17. The van der Waals surface area contributed by atoms with Crippen molar-refractivity contribution in [3.05, 3.63) is 78.0 Å². The average Bonchev–Trinajstić information content (AvgIpc) is 3.50. The Kier molecular flexibility index (Phi) is 6.01. The maximum absolute atomic E-state index is 12.1. The molecule has 33 heavy (non-hydrogen) atoms. The fraction of sp³-hybridized carbons (Fsp3) is 0.333. The predicted molar refractivity (Wildman–Crippen MR) is 130 cm³/mol. The third-order valence-corrected chi connectivity index (χ3v) is 6.37. The van der Waals surface area contributed by atoms with Crippen molar-refractivity contribution in [2.75, 3.05) is 26.7 Å². The molecule has 0 radical (unpaired) electrons. The quantitative estimate of drug-likeness (QED) is 0.399. The minimum Gasteiger partial charge on any atom is -0.454 e. The smallest absolute Gasteiger partial charge is 0.222 e. The Balaban J connectivity index is 1.40. The molecule has 0 saturated carbocycles. The topological polar surface area (TPSA) is 54.5 Å². The third-order valence-electron chi connectivity index (χ3n) is 6.37. The molecule has 6 nitrogen and oxygen atoms in total. The van der Waals surface area contributed by atoms with Gasteiger partial charge in [0.1, 0.15) is 11.3 Å². The Labute approximate surface area is 194 Å². The van der Waals surface area contributed by atoms with Gasteiger partial charge in [0.2, 0.25) is 5.91 Å². The molecule has 0 aliphatic carbocycles. The Bertz CT molecular complexity index is 1210. The van der Waals surface area contributed by atoms with Crippen molar-refractivity contribution >= 4 is 16.9 Å². The van der Waals surface area contributed by atoms with Crippen molar-refractivity contribution < 1.29 is 9.21 Å². The van der Waals surface area contributed by atoms with Crippen LogP contribution < -0.4 is 0 Å². The molecule has 1 atom stereocenters. The highest BCUT2D eigenvalue weighted by molar-refractivity contribution is 5.82. The second-order valence-electron chi connectivity index (χ2n) is 9.03. The van der Waals surface area contributed by atoms with Crippen LogP contribution in [0, 0.1) is 5.92 Å². The highest BCUT2D eigenvalue weighted by atomic mass is 16.3. The number of fused-ring (bicyclic) bond motifs is 1. The van der Waals surface area contributed by atoms with Gasteiger partial charge < -0.3 is 14.2 Å². The maximum atomic E-state index is 12.1. The molecule has 1 aliphatic rings. The molecule has 3 heterocycles. The predicted octanol–water partition coefficient (Wildman–Crippen LogP) is 4.64. The van der Waals surface area contributed by atoms with Gasteiger partial charge in [0.25, 0.3) is 0 Å². The number of amides is 1. The summed E-state index contributed by atoms with van der Waals surface area (Å²) in [6.07, 6.45) is 2.77. The summed E-state index contributed by atoms with van der Waals surface area (Å²) in [5, 5.41) is 6.00. The zero-order valence-electron chi connectivity index (χ0n) is 19.3. The van der Waals surface area contributed by atoms with Crippen molar-refractivity contribution in [3.63, 3.8) is 0 Å². The Hall–Kier alpha value is -3.38. The molecule has 6 heteroatoms.